The van der Waals surface area contributed by atoms with E-state index in [0.717, 1.165) is 4.48 Å². The summed E-state index contributed by atoms with van der Waals surface area (Å²) in [4.78, 5) is 0. The van der Waals surface area contributed by atoms with E-state index in [1.165, 1.54) is 13.1 Å². The van der Waals surface area contributed by atoms with Crippen LogP contribution < -0.4 is 10.0 Å². The largest absolute Gasteiger partial charge is 0.447 e. The van der Waals surface area contributed by atoms with Crippen molar-refractivity contribution in [2.45, 2.75) is 11.6 Å². The molecular formula is C9H13BrN2O3S. The van der Waals surface area contributed by atoms with E-state index in [0.29, 0.717) is 18.8 Å². The first kappa shape index (κ1) is 13.4. The van der Waals surface area contributed by atoms with Gasteiger partial charge in [-0.2, -0.15) is 0 Å². The number of rotatable bonds is 6. The summed E-state index contributed by atoms with van der Waals surface area (Å²) in [5.74, 6) is 0.558. The minimum Gasteiger partial charge on any atom is -0.447 e. The summed E-state index contributed by atoms with van der Waals surface area (Å²) in [5, 5.41) is 2.95. The van der Waals surface area contributed by atoms with Crippen LogP contribution in [-0.2, 0) is 16.6 Å². The molecule has 0 aromatic carbocycles. The van der Waals surface area contributed by atoms with Gasteiger partial charge in [0.15, 0.2) is 0 Å². The zero-order chi connectivity index (χ0) is 12.2. The fourth-order valence-electron chi connectivity index (χ4n) is 1.02. The van der Waals surface area contributed by atoms with E-state index in [2.05, 4.69) is 32.5 Å². The van der Waals surface area contributed by atoms with E-state index in [1.807, 2.05) is 0 Å². The van der Waals surface area contributed by atoms with E-state index in [4.69, 9.17) is 4.42 Å². The summed E-state index contributed by atoms with van der Waals surface area (Å²) in [6.45, 7) is 4.70. The summed E-state index contributed by atoms with van der Waals surface area (Å²) in [6, 6.07) is 3.04. The van der Waals surface area contributed by atoms with E-state index < -0.39 is 10.0 Å². The smallest absolute Gasteiger partial charge is 0.273 e. The highest BCUT2D eigenvalue weighted by molar-refractivity contribution is 9.11. The molecule has 0 bridgehead atoms. The summed E-state index contributed by atoms with van der Waals surface area (Å²) >= 11 is 3.20. The molecule has 0 saturated carbocycles. The van der Waals surface area contributed by atoms with Gasteiger partial charge in [0.2, 0.25) is 5.09 Å². The molecule has 0 saturated heterocycles. The minimum atomic E-state index is -3.49. The quantitative estimate of drug-likeness (QED) is 0.828. The highest BCUT2D eigenvalue weighted by Crippen LogP contribution is 2.13. The van der Waals surface area contributed by atoms with Gasteiger partial charge in [0, 0.05) is 11.0 Å². The van der Waals surface area contributed by atoms with Crippen LogP contribution in [0.2, 0.25) is 0 Å². The Balaban J connectivity index is 2.62. The predicted molar refractivity (Wildman–Crippen MR) is 64.7 cm³/mol. The lowest BCUT2D eigenvalue weighted by Gasteiger charge is -2.00. The van der Waals surface area contributed by atoms with Crippen LogP contribution in [0.4, 0.5) is 0 Å². The Morgan fingerprint density at radius 2 is 2.25 bits per heavy atom. The molecule has 7 heteroatoms. The summed E-state index contributed by atoms with van der Waals surface area (Å²) in [5.41, 5.74) is 0. The fraction of sp³-hybridized carbons (Fsp3) is 0.333. The molecule has 0 unspecified atom stereocenters. The van der Waals surface area contributed by atoms with Gasteiger partial charge < -0.3 is 9.73 Å². The van der Waals surface area contributed by atoms with Crippen LogP contribution in [0.5, 0.6) is 0 Å². The fourth-order valence-corrected chi connectivity index (χ4v) is 1.88. The maximum absolute atomic E-state index is 11.3. The van der Waals surface area contributed by atoms with Crippen LogP contribution in [-0.4, -0.2) is 22.0 Å². The standard InChI is InChI=1S/C9H13BrN2O3S/c1-7(10)5-12-6-8-3-4-9(15-8)16(13,14)11-2/h3-4,11-12H,1,5-6H2,2H3. The van der Waals surface area contributed by atoms with Crippen LogP contribution in [0.25, 0.3) is 0 Å². The highest BCUT2D eigenvalue weighted by atomic mass is 79.9. The molecule has 0 atom stereocenters. The van der Waals surface area contributed by atoms with Gasteiger partial charge in [-0.1, -0.05) is 22.5 Å². The molecule has 5 nitrogen and oxygen atoms in total. The first-order valence-electron chi connectivity index (χ1n) is 4.52. The predicted octanol–water partition coefficient (Wildman–Crippen LogP) is 1.19. The number of hydrogen-bond donors (Lipinski definition) is 2. The molecule has 0 aliphatic heterocycles. The monoisotopic (exact) mass is 308 g/mol. The van der Waals surface area contributed by atoms with Crippen molar-refractivity contribution in [1.29, 1.82) is 0 Å². The molecule has 1 aromatic heterocycles. The third-order valence-corrected chi connectivity index (χ3v) is 3.35. The second-order valence-electron chi connectivity index (χ2n) is 3.05. The van der Waals surface area contributed by atoms with Gasteiger partial charge in [-0.3, -0.25) is 0 Å². The van der Waals surface area contributed by atoms with Gasteiger partial charge in [-0.25, -0.2) is 13.1 Å². The normalized spacial score (nSPS) is 11.6. The maximum atomic E-state index is 11.3. The number of hydrogen-bond acceptors (Lipinski definition) is 4. The second-order valence-corrected chi connectivity index (χ2v) is 5.99. The van der Waals surface area contributed by atoms with Crippen molar-refractivity contribution in [2.24, 2.45) is 0 Å². The topological polar surface area (TPSA) is 71.3 Å². The SMILES string of the molecule is C=C(Br)CNCc1ccc(S(=O)(=O)NC)o1. The zero-order valence-corrected chi connectivity index (χ0v) is 11.2. The van der Waals surface area contributed by atoms with Crippen LogP contribution in [0.3, 0.4) is 0 Å². The highest BCUT2D eigenvalue weighted by Gasteiger charge is 2.15. The average molecular weight is 309 g/mol. The molecule has 90 valence electrons. The Morgan fingerprint density at radius 3 is 2.81 bits per heavy atom. The van der Waals surface area contributed by atoms with E-state index in [-0.39, 0.29) is 5.09 Å². The molecular weight excluding hydrogens is 296 g/mol. The lowest BCUT2D eigenvalue weighted by molar-refractivity contribution is 0.403. The van der Waals surface area contributed by atoms with E-state index in [1.54, 1.807) is 6.07 Å². The molecule has 1 heterocycles. The lowest BCUT2D eigenvalue weighted by atomic mass is 10.4. The van der Waals surface area contributed by atoms with E-state index >= 15 is 0 Å². The van der Waals surface area contributed by atoms with Gasteiger partial charge >= 0.3 is 0 Å². The third kappa shape index (κ3) is 3.75. The van der Waals surface area contributed by atoms with Crippen LogP contribution >= 0.6 is 15.9 Å². The van der Waals surface area contributed by atoms with Gasteiger partial charge in [-0.15, -0.1) is 0 Å². The lowest BCUT2D eigenvalue weighted by Crippen LogP contribution is -2.18. The first-order chi connectivity index (χ1) is 7.45. The van der Waals surface area contributed by atoms with Gasteiger partial charge in [0.1, 0.15) is 5.76 Å². The molecule has 2 N–H and O–H groups in total. The maximum Gasteiger partial charge on any atom is 0.273 e. The zero-order valence-electron chi connectivity index (χ0n) is 8.79. The Bertz CT molecular complexity index is 467. The number of sulfonamides is 1. The Labute approximate surface area is 103 Å². The molecule has 1 aromatic rings. The summed E-state index contributed by atoms with van der Waals surface area (Å²) in [6.07, 6.45) is 0. The van der Waals surface area contributed by atoms with Gasteiger partial charge in [-0.05, 0) is 19.2 Å². The Hall–Kier alpha value is -0.630. The minimum absolute atomic E-state index is 0.0792. The summed E-state index contributed by atoms with van der Waals surface area (Å²) in [7, 11) is -2.15. The molecule has 1 rings (SSSR count). The van der Waals surface area contributed by atoms with Crippen molar-refractivity contribution in [1.82, 2.24) is 10.0 Å². The molecule has 0 spiro atoms. The summed E-state index contributed by atoms with van der Waals surface area (Å²) < 4.78 is 30.9. The van der Waals surface area contributed by atoms with Crippen molar-refractivity contribution < 1.29 is 12.8 Å². The molecule has 0 aliphatic rings. The van der Waals surface area contributed by atoms with Crippen molar-refractivity contribution in [3.05, 3.63) is 29.0 Å². The van der Waals surface area contributed by atoms with Gasteiger partial charge in [0.05, 0.1) is 6.54 Å². The number of halogens is 1. The molecule has 0 aliphatic carbocycles. The third-order valence-electron chi connectivity index (χ3n) is 1.79. The van der Waals surface area contributed by atoms with Crippen molar-refractivity contribution >= 4 is 26.0 Å². The Morgan fingerprint density at radius 1 is 1.56 bits per heavy atom. The second kappa shape index (κ2) is 5.62. The Kier molecular flexibility index (Phi) is 4.72. The number of nitrogens with one attached hydrogen (secondary N) is 2. The van der Waals surface area contributed by atoms with Crippen LogP contribution in [0.15, 0.2) is 32.7 Å². The molecule has 0 fully saturated rings. The van der Waals surface area contributed by atoms with Crippen LogP contribution in [0.1, 0.15) is 5.76 Å². The molecule has 0 radical (unpaired) electrons. The van der Waals surface area contributed by atoms with Gasteiger partial charge in [0.25, 0.3) is 10.0 Å². The average Bonchev–Trinajstić information content (AvgIpc) is 2.66. The molecule has 16 heavy (non-hydrogen) atoms. The van der Waals surface area contributed by atoms with Crippen LogP contribution in [0, 0.1) is 0 Å². The van der Waals surface area contributed by atoms with Crippen molar-refractivity contribution in [3.63, 3.8) is 0 Å². The van der Waals surface area contributed by atoms with E-state index in [9.17, 15) is 8.42 Å². The molecule has 0 amide bonds. The van der Waals surface area contributed by atoms with Crippen molar-refractivity contribution in [3.8, 4) is 0 Å². The first-order valence-corrected chi connectivity index (χ1v) is 6.79. The van der Waals surface area contributed by atoms with Crippen molar-refractivity contribution in [2.75, 3.05) is 13.6 Å². The number of furan rings is 1.